The van der Waals surface area contributed by atoms with Crippen LogP contribution in [0.15, 0.2) is 41.3 Å². The Bertz CT molecular complexity index is 1210. The molecule has 1 atom stereocenters. The van der Waals surface area contributed by atoms with Crippen molar-refractivity contribution < 1.29 is 15.0 Å². The van der Waals surface area contributed by atoms with Crippen LogP contribution in [0.1, 0.15) is 53.3 Å². The summed E-state index contributed by atoms with van der Waals surface area (Å²) in [6.45, 7) is 2.90. The zero-order valence-corrected chi connectivity index (χ0v) is 15.4. The van der Waals surface area contributed by atoms with E-state index in [-0.39, 0.29) is 22.7 Å². The van der Waals surface area contributed by atoms with Crippen molar-refractivity contribution in [3.8, 4) is 16.9 Å². The van der Waals surface area contributed by atoms with E-state index in [2.05, 4.69) is 24.4 Å². The lowest BCUT2D eigenvalue weighted by Gasteiger charge is -2.16. The van der Waals surface area contributed by atoms with Crippen LogP contribution in [0.25, 0.3) is 22.0 Å². The fraction of sp³-hybridized carbons (Fsp3) is 0.273. The minimum Gasteiger partial charge on any atom is -0.505 e. The number of aromatic carboxylic acids is 1. The average molecular weight is 376 g/mol. The Kier molecular flexibility index (Phi) is 3.61. The van der Waals surface area contributed by atoms with Crippen LogP contribution in [0, 0.1) is 0 Å². The van der Waals surface area contributed by atoms with Crippen molar-refractivity contribution in [1.29, 1.82) is 0 Å². The van der Waals surface area contributed by atoms with Gasteiger partial charge in [-0.2, -0.15) is 0 Å². The molecule has 1 aliphatic carbocycles. The SMILES string of the molecule is C[C@H]1NCc2cc(-c3ccc4c(=O)c(C(=O)O)cn(C5CC5)c4c3O)ccc21. The number of carboxylic acid groups (broad SMARTS) is 1. The Hall–Kier alpha value is -3.12. The monoisotopic (exact) mass is 376 g/mol. The summed E-state index contributed by atoms with van der Waals surface area (Å²) in [6.07, 6.45) is 3.19. The summed E-state index contributed by atoms with van der Waals surface area (Å²) in [4.78, 5) is 24.1. The third kappa shape index (κ3) is 2.45. The number of nitrogens with one attached hydrogen (secondary N) is 1. The number of pyridine rings is 1. The molecule has 3 N–H and O–H groups in total. The van der Waals surface area contributed by atoms with Crippen molar-refractivity contribution in [2.45, 2.75) is 38.4 Å². The molecular formula is C22H20N2O4. The van der Waals surface area contributed by atoms with Gasteiger partial charge in [0.25, 0.3) is 0 Å². The smallest absolute Gasteiger partial charge is 0.341 e. The maximum absolute atomic E-state index is 12.6. The molecule has 0 amide bonds. The highest BCUT2D eigenvalue weighted by Gasteiger charge is 2.29. The summed E-state index contributed by atoms with van der Waals surface area (Å²) >= 11 is 0. The normalized spacial score (nSPS) is 18.4. The number of hydrogen-bond acceptors (Lipinski definition) is 4. The van der Waals surface area contributed by atoms with E-state index in [1.807, 2.05) is 6.07 Å². The summed E-state index contributed by atoms with van der Waals surface area (Å²) in [5, 5.41) is 24.1. The van der Waals surface area contributed by atoms with Crippen LogP contribution in [0.3, 0.4) is 0 Å². The van der Waals surface area contributed by atoms with E-state index >= 15 is 0 Å². The van der Waals surface area contributed by atoms with Crippen molar-refractivity contribution in [1.82, 2.24) is 9.88 Å². The molecule has 0 saturated heterocycles. The number of aromatic hydroxyl groups is 1. The van der Waals surface area contributed by atoms with Gasteiger partial charge >= 0.3 is 5.97 Å². The zero-order chi connectivity index (χ0) is 19.6. The number of carbonyl (C=O) groups is 1. The third-order valence-electron chi connectivity index (χ3n) is 5.86. The van der Waals surface area contributed by atoms with Gasteiger partial charge in [-0.3, -0.25) is 4.79 Å². The third-order valence-corrected chi connectivity index (χ3v) is 5.86. The Morgan fingerprint density at radius 2 is 2.00 bits per heavy atom. The fourth-order valence-electron chi connectivity index (χ4n) is 4.18. The molecule has 5 rings (SSSR count). The topological polar surface area (TPSA) is 91.6 Å². The summed E-state index contributed by atoms with van der Waals surface area (Å²) in [5.74, 6) is -1.22. The van der Waals surface area contributed by atoms with E-state index in [0.717, 1.165) is 24.9 Å². The minimum atomic E-state index is -1.25. The molecule has 1 fully saturated rings. The summed E-state index contributed by atoms with van der Waals surface area (Å²) in [7, 11) is 0. The van der Waals surface area contributed by atoms with E-state index in [1.165, 1.54) is 17.3 Å². The first kappa shape index (κ1) is 17.0. The molecule has 0 radical (unpaired) electrons. The lowest BCUT2D eigenvalue weighted by Crippen LogP contribution is -2.18. The molecule has 0 bridgehead atoms. The van der Waals surface area contributed by atoms with Gasteiger partial charge in [0.05, 0.1) is 10.9 Å². The summed E-state index contributed by atoms with van der Waals surface area (Å²) in [6, 6.07) is 9.88. The standard InChI is InChI=1S/C22H20N2O4/c1-11-15-5-2-12(8-13(15)9-23-11)16-6-7-17-19(21(16)26)24(14-3-4-14)10-18(20(17)25)22(27)28/h2,5-8,10-11,14,23,26H,3-4,9H2,1H3,(H,27,28)/t11-/m1/s1. The molecular weight excluding hydrogens is 356 g/mol. The first-order valence-electron chi connectivity index (χ1n) is 9.46. The van der Waals surface area contributed by atoms with Crippen molar-refractivity contribution in [2.75, 3.05) is 0 Å². The van der Waals surface area contributed by atoms with Gasteiger partial charge in [-0.25, -0.2) is 4.79 Å². The Balaban J connectivity index is 1.76. The lowest BCUT2D eigenvalue weighted by molar-refractivity contribution is 0.0695. The molecule has 1 aromatic heterocycles. The summed E-state index contributed by atoms with van der Waals surface area (Å²) < 4.78 is 1.76. The van der Waals surface area contributed by atoms with Crippen molar-refractivity contribution in [2.24, 2.45) is 0 Å². The highest BCUT2D eigenvalue weighted by molar-refractivity contribution is 5.97. The predicted octanol–water partition coefficient (Wildman–Crippen LogP) is 3.57. The molecule has 2 aliphatic rings. The Morgan fingerprint density at radius 1 is 1.21 bits per heavy atom. The average Bonchev–Trinajstić information content (AvgIpc) is 3.45. The van der Waals surface area contributed by atoms with Crippen LogP contribution in [0.2, 0.25) is 0 Å². The van der Waals surface area contributed by atoms with Gasteiger partial charge in [-0.05, 0) is 54.7 Å². The Morgan fingerprint density at radius 3 is 2.71 bits per heavy atom. The van der Waals surface area contributed by atoms with Gasteiger partial charge in [0.15, 0.2) is 0 Å². The molecule has 0 unspecified atom stereocenters. The van der Waals surface area contributed by atoms with E-state index < -0.39 is 11.4 Å². The second kappa shape index (κ2) is 5.94. The molecule has 0 spiro atoms. The van der Waals surface area contributed by atoms with Crippen LogP contribution in [-0.2, 0) is 6.54 Å². The number of benzene rings is 2. The van der Waals surface area contributed by atoms with E-state index in [1.54, 1.807) is 16.7 Å². The summed E-state index contributed by atoms with van der Waals surface area (Å²) in [5.41, 5.74) is 3.58. The molecule has 2 aromatic carbocycles. The van der Waals surface area contributed by atoms with Crippen LogP contribution in [0.5, 0.6) is 5.75 Å². The lowest BCUT2D eigenvalue weighted by atomic mass is 9.96. The van der Waals surface area contributed by atoms with E-state index in [4.69, 9.17) is 0 Å². The number of phenols is 1. The molecule has 6 nitrogen and oxygen atoms in total. The van der Waals surface area contributed by atoms with Crippen molar-refractivity contribution in [3.05, 3.63) is 63.4 Å². The maximum atomic E-state index is 12.6. The van der Waals surface area contributed by atoms with Crippen LogP contribution in [0.4, 0.5) is 0 Å². The highest BCUT2D eigenvalue weighted by atomic mass is 16.4. The van der Waals surface area contributed by atoms with Gasteiger partial charge in [0.2, 0.25) is 5.43 Å². The molecule has 1 saturated carbocycles. The number of fused-ring (bicyclic) bond motifs is 2. The van der Waals surface area contributed by atoms with Gasteiger partial charge in [0, 0.05) is 30.4 Å². The van der Waals surface area contributed by atoms with Crippen molar-refractivity contribution in [3.63, 3.8) is 0 Å². The van der Waals surface area contributed by atoms with Gasteiger partial charge in [0.1, 0.15) is 11.3 Å². The van der Waals surface area contributed by atoms with E-state index in [0.29, 0.717) is 17.1 Å². The van der Waals surface area contributed by atoms with Crippen LogP contribution < -0.4 is 10.7 Å². The molecule has 3 aromatic rings. The fourth-order valence-corrected chi connectivity index (χ4v) is 4.18. The van der Waals surface area contributed by atoms with Crippen molar-refractivity contribution >= 4 is 16.9 Å². The second-order valence-corrected chi connectivity index (χ2v) is 7.69. The first-order valence-corrected chi connectivity index (χ1v) is 9.46. The maximum Gasteiger partial charge on any atom is 0.341 e. The van der Waals surface area contributed by atoms with Crippen LogP contribution in [-0.4, -0.2) is 20.7 Å². The first-order chi connectivity index (χ1) is 13.5. The molecule has 2 heterocycles. The molecule has 1 aliphatic heterocycles. The molecule has 6 heteroatoms. The predicted molar refractivity (Wildman–Crippen MR) is 106 cm³/mol. The largest absolute Gasteiger partial charge is 0.505 e. The molecule has 142 valence electrons. The van der Waals surface area contributed by atoms with Crippen LogP contribution >= 0.6 is 0 Å². The number of carboxylic acids is 1. The molecule has 28 heavy (non-hydrogen) atoms. The number of phenolic OH excluding ortho intramolecular Hbond substituents is 1. The highest BCUT2D eigenvalue weighted by Crippen LogP contribution is 2.42. The van der Waals surface area contributed by atoms with Gasteiger partial charge in [-0.1, -0.05) is 12.1 Å². The quantitative estimate of drug-likeness (QED) is 0.650. The second-order valence-electron chi connectivity index (χ2n) is 7.69. The van der Waals surface area contributed by atoms with Gasteiger partial charge < -0.3 is 20.1 Å². The number of rotatable bonds is 3. The number of nitrogens with zero attached hydrogens (tertiary/aromatic N) is 1. The number of hydrogen-bond donors (Lipinski definition) is 3. The minimum absolute atomic E-state index is 0.0254. The Labute approximate surface area is 161 Å². The van der Waals surface area contributed by atoms with Gasteiger partial charge in [-0.15, -0.1) is 0 Å². The zero-order valence-electron chi connectivity index (χ0n) is 15.4. The number of aromatic nitrogens is 1. The van der Waals surface area contributed by atoms with E-state index in [9.17, 15) is 19.8 Å².